The second kappa shape index (κ2) is 8.77. The zero-order valence-electron chi connectivity index (χ0n) is 12.7. The van der Waals surface area contributed by atoms with E-state index in [0.29, 0.717) is 19.5 Å². The molecule has 0 aliphatic rings. The van der Waals surface area contributed by atoms with Crippen LogP contribution in [0, 0.1) is 0 Å². The summed E-state index contributed by atoms with van der Waals surface area (Å²) in [5.74, 6) is -0.991. The fourth-order valence-electron chi connectivity index (χ4n) is 1.62. The topological polar surface area (TPSA) is 69.6 Å². The van der Waals surface area contributed by atoms with E-state index >= 15 is 0 Å². The normalized spacial score (nSPS) is 13.7. The van der Waals surface area contributed by atoms with Crippen molar-refractivity contribution in [2.75, 3.05) is 13.1 Å². The molecule has 0 rings (SSSR count). The third kappa shape index (κ3) is 5.94. The largest absolute Gasteiger partial charge is 0.480 e. The molecule has 2 amide bonds. The van der Waals surface area contributed by atoms with Crippen LogP contribution in [0.5, 0.6) is 0 Å². The third-order valence-corrected chi connectivity index (χ3v) is 3.41. The summed E-state index contributed by atoms with van der Waals surface area (Å²) in [4.78, 5) is 25.1. The zero-order chi connectivity index (χ0) is 14.9. The Labute approximate surface area is 116 Å². The lowest BCUT2D eigenvalue weighted by molar-refractivity contribution is -0.143. The molecular weight excluding hydrogens is 244 g/mol. The Morgan fingerprint density at radius 1 is 1.11 bits per heavy atom. The molecule has 0 aromatic carbocycles. The van der Waals surface area contributed by atoms with Gasteiger partial charge >= 0.3 is 12.0 Å². The molecule has 112 valence electrons. The fourth-order valence-corrected chi connectivity index (χ4v) is 1.62. The number of hydrogen-bond acceptors (Lipinski definition) is 2. The SMILES string of the molecule is CCCCN(CCCC)C(=O)NC(C)(CC)C(=O)O. The van der Waals surface area contributed by atoms with Crippen LogP contribution in [-0.4, -0.2) is 40.6 Å². The molecule has 5 heteroatoms. The number of carboxylic acids is 1. The van der Waals surface area contributed by atoms with Gasteiger partial charge in [-0.05, 0) is 26.2 Å². The van der Waals surface area contributed by atoms with E-state index in [4.69, 9.17) is 0 Å². The number of aliphatic carboxylic acids is 1. The van der Waals surface area contributed by atoms with Crippen molar-refractivity contribution in [2.45, 2.75) is 65.3 Å². The monoisotopic (exact) mass is 272 g/mol. The fraction of sp³-hybridized carbons (Fsp3) is 0.857. The predicted molar refractivity (Wildman–Crippen MR) is 76.3 cm³/mol. The van der Waals surface area contributed by atoms with Crippen molar-refractivity contribution in [3.8, 4) is 0 Å². The van der Waals surface area contributed by atoms with Gasteiger partial charge < -0.3 is 15.3 Å². The van der Waals surface area contributed by atoms with E-state index in [1.165, 1.54) is 0 Å². The van der Waals surface area contributed by atoms with E-state index in [1.807, 2.05) is 0 Å². The summed E-state index contributed by atoms with van der Waals surface area (Å²) in [5.41, 5.74) is -1.19. The molecule has 0 aliphatic heterocycles. The predicted octanol–water partition coefficient (Wildman–Crippen LogP) is 2.85. The summed E-state index contributed by atoms with van der Waals surface area (Å²) < 4.78 is 0. The second-order valence-corrected chi connectivity index (χ2v) is 5.12. The number of nitrogens with zero attached hydrogens (tertiary/aromatic N) is 1. The van der Waals surface area contributed by atoms with Gasteiger partial charge in [-0.15, -0.1) is 0 Å². The second-order valence-electron chi connectivity index (χ2n) is 5.12. The molecule has 19 heavy (non-hydrogen) atoms. The van der Waals surface area contributed by atoms with Crippen LogP contribution in [0.2, 0.25) is 0 Å². The van der Waals surface area contributed by atoms with Crippen molar-refractivity contribution in [1.29, 1.82) is 0 Å². The molecule has 1 unspecified atom stereocenters. The van der Waals surface area contributed by atoms with Gasteiger partial charge in [0.25, 0.3) is 0 Å². The summed E-state index contributed by atoms with van der Waals surface area (Å²) >= 11 is 0. The first-order valence-corrected chi connectivity index (χ1v) is 7.21. The van der Waals surface area contributed by atoms with Gasteiger partial charge in [-0.2, -0.15) is 0 Å². The van der Waals surface area contributed by atoms with Gasteiger partial charge in [0.15, 0.2) is 0 Å². The Hall–Kier alpha value is -1.26. The smallest absolute Gasteiger partial charge is 0.329 e. The van der Waals surface area contributed by atoms with Gasteiger partial charge in [-0.3, -0.25) is 0 Å². The van der Waals surface area contributed by atoms with Crippen LogP contribution in [0.25, 0.3) is 0 Å². The summed E-state index contributed by atoms with van der Waals surface area (Å²) in [5, 5.41) is 11.8. The maximum Gasteiger partial charge on any atom is 0.329 e. The van der Waals surface area contributed by atoms with Gasteiger partial charge in [0.2, 0.25) is 0 Å². The van der Waals surface area contributed by atoms with Crippen LogP contribution >= 0.6 is 0 Å². The highest BCUT2D eigenvalue weighted by atomic mass is 16.4. The van der Waals surface area contributed by atoms with E-state index in [2.05, 4.69) is 19.2 Å². The Kier molecular flexibility index (Phi) is 8.19. The lowest BCUT2D eigenvalue weighted by atomic mass is 10.00. The molecule has 0 saturated carbocycles. The number of hydrogen-bond donors (Lipinski definition) is 2. The highest BCUT2D eigenvalue weighted by Gasteiger charge is 2.34. The number of amides is 2. The maximum absolute atomic E-state index is 12.2. The first kappa shape index (κ1) is 17.7. The average molecular weight is 272 g/mol. The van der Waals surface area contributed by atoms with E-state index in [-0.39, 0.29) is 6.03 Å². The standard InChI is InChI=1S/C14H28N2O3/c1-5-8-10-16(11-9-6-2)13(19)15-14(4,7-3)12(17)18/h5-11H2,1-4H3,(H,15,19)(H,17,18). The van der Waals surface area contributed by atoms with E-state index < -0.39 is 11.5 Å². The number of rotatable bonds is 9. The Bertz CT molecular complexity index is 286. The average Bonchev–Trinajstić information content (AvgIpc) is 2.38. The molecule has 0 heterocycles. The summed E-state index contributed by atoms with van der Waals surface area (Å²) in [6, 6.07) is -0.270. The molecule has 0 bridgehead atoms. The van der Waals surface area contributed by atoms with Crippen molar-refractivity contribution >= 4 is 12.0 Å². The van der Waals surface area contributed by atoms with Gasteiger partial charge in [0, 0.05) is 13.1 Å². The minimum Gasteiger partial charge on any atom is -0.480 e. The summed E-state index contributed by atoms with van der Waals surface area (Å²) in [6.45, 7) is 8.82. The van der Waals surface area contributed by atoms with Crippen LogP contribution in [0.3, 0.4) is 0 Å². The number of carbonyl (C=O) groups excluding carboxylic acids is 1. The Morgan fingerprint density at radius 2 is 1.58 bits per heavy atom. The van der Waals surface area contributed by atoms with Crippen molar-refractivity contribution in [2.24, 2.45) is 0 Å². The minimum atomic E-state index is -1.19. The van der Waals surface area contributed by atoms with Crippen molar-refractivity contribution in [3.63, 3.8) is 0 Å². The lowest BCUT2D eigenvalue weighted by Crippen LogP contribution is -2.56. The van der Waals surface area contributed by atoms with E-state index in [9.17, 15) is 14.7 Å². The Balaban J connectivity index is 4.64. The van der Waals surface area contributed by atoms with Crippen molar-refractivity contribution in [3.05, 3.63) is 0 Å². The van der Waals surface area contributed by atoms with Gasteiger partial charge in [0.1, 0.15) is 5.54 Å². The third-order valence-electron chi connectivity index (χ3n) is 3.41. The van der Waals surface area contributed by atoms with Crippen LogP contribution in [-0.2, 0) is 4.79 Å². The van der Waals surface area contributed by atoms with E-state index in [1.54, 1.807) is 18.7 Å². The van der Waals surface area contributed by atoms with Crippen LogP contribution in [0.1, 0.15) is 59.8 Å². The number of nitrogens with one attached hydrogen (secondary N) is 1. The summed E-state index contributed by atoms with van der Waals surface area (Å²) in [6.07, 6.45) is 4.27. The number of carbonyl (C=O) groups is 2. The van der Waals surface area contributed by atoms with Crippen molar-refractivity contribution in [1.82, 2.24) is 10.2 Å². The molecule has 0 fully saturated rings. The number of unbranched alkanes of at least 4 members (excludes halogenated alkanes) is 2. The summed E-state index contributed by atoms with van der Waals surface area (Å²) in [7, 11) is 0. The molecular formula is C14H28N2O3. The molecule has 0 radical (unpaired) electrons. The minimum absolute atomic E-state index is 0.270. The van der Waals surface area contributed by atoms with Gasteiger partial charge in [0.05, 0.1) is 0 Å². The van der Waals surface area contributed by atoms with Crippen LogP contribution in [0.15, 0.2) is 0 Å². The molecule has 0 aromatic rings. The molecule has 2 N–H and O–H groups in total. The lowest BCUT2D eigenvalue weighted by Gasteiger charge is -2.30. The van der Waals surface area contributed by atoms with Gasteiger partial charge in [-0.1, -0.05) is 33.6 Å². The quantitative estimate of drug-likeness (QED) is 0.678. The van der Waals surface area contributed by atoms with Gasteiger partial charge in [-0.25, -0.2) is 9.59 Å². The highest BCUT2D eigenvalue weighted by molar-refractivity contribution is 5.85. The van der Waals surface area contributed by atoms with Crippen LogP contribution < -0.4 is 5.32 Å². The maximum atomic E-state index is 12.2. The molecule has 0 aromatic heterocycles. The first-order valence-electron chi connectivity index (χ1n) is 7.21. The van der Waals surface area contributed by atoms with E-state index in [0.717, 1.165) is 25.7 Å². The molecule has 0 aliphatic carbocycles. The number of carboxylic acid groups (broad SMARTS) is 1. The molecule has 5 nitrogen and oxygen atoms in total. The first-order chi connectivity index (χ1) is 8.91. The highest BCUT2D eigenvalue weighted by Crippen LogP contribution is 2.11. The molecule has 0 spiro atoms. The Morgan fingerprint density at radius 3 is 1.89 bits per heavy atom. The van der Waals surface area contributed by atoms with Crippen LogP contribution in [0.4, 0.5) is 4.79 Å². The molecule has 1 atom stereocenters. The van der Waals surface area contributed by atoms with Crippen molar-refractivity contribution < 1.29 is 14.7 Å². The number of urea groups is 1. The zero-order valence-corrected chi connectivity index (χ0v) is 12.7. The molecule has 0 saturated heterocycles.